The van der Waals surface area contributed by atoms with Crippen molar-refractivity contribution in [2.24, 2.45) is 5.92 Å². The maximum absolute atomic E-state index is 11.8. The van der Waals surface area contributed by atoms with Crippen molar-refractivity contribution in [1.29, 1.82) is 0 Å². The standard InChI is InChI=1S/C15H24N2O5/c1-9(2)5-11(15(21)22)17-10(8-18)6-13(19)14(20)12(17)7-16(3)4/h6,9,11,18,20H,5,7-8H2,1-4H3,(H,21,22). The molecule has 0 aliphatic heterocycles. The molecule has 0 bridgehead atoms. The number of carboxylic acid groups (broad SMARTS) is 1. The first-order chi connectivity index (χ1) is 10.2. The van der Waals surface area contributed by atoms with Crippen LogP contribution in [0.4, 0.5) is 0 Å². The van der Waals surface area contributed by atoms with Crippen LogP contribution < -0.4 is 5.43 Å². The minimum absolute atomic E-state index is 0.0985. The van der Waals surface area contributed by atoms with Crippen LogP contribution >= 0.6 is 0 Å². The van der Waals surface area contributed by atoms with Crippen LogP contribution in [0.15, 0.2) is 10.9 Å². The zero-order valence-corrected chi connectivity index (χ0v) is 13.4. The molecule has 0 aliphatic rings. The van der Waals surface area contributed by atoms with Crippen molar-refractivity contribution in [3.8, 4) is 5.75 Å². The molecule has 0 amide bonds. The maximum atomic E-state index is 11.8. The molecule has 1 unspecified atom stereocenters. The highest BCUT2D eigenvalue weighted by atomic mass is 16.4. The number of nitrogens with zero attached hydrogens (tertiary/aromatic N) is 2. The van der Waals surface area contributed by atoms with Gasteiger partial charge in [-0.15, -0.1) is 0 Å². The molecule has 0 spiro atoms. The molecule has 3 N–H and O–H groups in total. The van der Waals surface area contributed by atoms with E-state index in [9.17, 15) is 24.9 Å². The zero-order chi connectivity index (χ0) is 17.0. The molecule has 1 atom stereocenters. The minimum Gasteiger partial charge on any atom is -0.503 e. The number of carbonyl (C=O) groups is 1. The molecule has 0 aliphatic carbocycles. The van der Waals surface area contributed by atoms with Gasteiger partial charge < -0.3 is 24.8 Å². The number of aliphatic carboxylic acids is 1. The first kappa shape index (κ1) is 18.2. The third-order valence-electron chi connectivity index (χ3n) is 3.32. The van der Waals surface area contributed by atoms with E-state index in [2.05, 4.69) is 0 Å². The minimum atomic E-state index is -1.06. The highest BCUT2D eigenvalue weighted by molar-refractivity contribution is 5.72. The maximum Gasteiger partial charge on any atom is 0.326 e. The van der Waals surface area contributed by atoms with Gasteiger partial charge in [-0.2, -0.15) is 0 Å². The van der Waals surface area contributed by atoms with E-state index < -0.39 is 29.8 Å². The van der Waals surface area contributed by atoms with Gasteiger partial charge in [-0.25, -0.2) is 4.79 Å². The molecular weight excluding hydrogens is 288 g/mol. The lowest BCUT2D eigenvalue weighted by atomic mass is 10.0. The van der Waals surface area contributed by atoms with Crippen molar-refractivity contribution in [2.45, 2.75) is 39.5 Å². The Morgan fingerprint density at radius 3 is 2.36 bits per heavy atom. The van der Waals surface area contributed by atoms with E-state index in [1.54, 1.807) is 19.0 Å². The van der Waals surface area contributed by atoms with Gasteiger partial charge in [0.25, 0.3) is 0 Å². The Balaban J connectivity index is 3.62. The van der Waals surface area contributed by atoms with Gasteiger partial charge in [0.05, 0.1) is 12.3 Å². The number of carboxylic acids is 1. The van der Waals surface area contributed by atoms with Crippen LogP contribution in [0.25, 0.3) is 0 Å². The summed E-state index contributed by atoms with van der Waals surface area (Å²) in [5, 5.41) is 29.1. The van der Waals surface area contributed by atoms with Gasteiger partial charge in [0, 0.05) is 18.3 Å². The first-order valence-electron chi connectivity index (χ1n) is 7.13. The van der Waals surface area contributed by atoms with Gasteiger partial charge >= 0.3 is 5.97 Å². The first-order valence-corrected chi connectivity index (χ1v) is 7.13. The number of aromatic hydroxyl groups is 1. The lowest BCUT2D eigenvalue weighted by Gasteiger charge is -2.27. The van der Waals surface area contributed by atoms with Crippen LogP contribution in [0.1, 0.15) is 37.7 Å². The summed E-state index contributed by atoms with van der Waals surface area (Å²) in [7, 11) is 3.50. The average Bonchev–Trinajstić information content (AvgIpc) is 2.40. The van der Waals surface area contributed by atoms with E-state index in [-0.39, 0.29) is 23.9 Å². The normalized spacial score (nSPS) is 12.9. The Morgan fingerprint density at radius 2 is 1.95 bits per heavy atom. The fourth-order valence-corrected chi connectivity index (χ4v) is 2.44. The molecule has 1 rings (SSSR count). The van der Waals surface area contributed by atoms with E-state index >= 15 is 0 Å². The summed E-state index contributed by atoms with van der Waals surface area (Å²) in [6, 6.07) is 0.133. The number of hydrogen-bond acceptors (Lipinski definition) is 5. The molecule has 0 saturated heterocycles. The fourth-order valence-electron chi connectivity index (χ4n) is 2.44. The SMILES string of the molecule is CC(C)CC(C(=O)O)n1c(CO)cc(=O)c(O)c1CN(C)C. The molecule has 1 aromatic rings. The second-order valence-corrected chi connectivity index (χ2v) is 6.04. The van der Waals surface area contributed by atoms with Crippen LogP contribution in [0.2, 0.25) is 0 Å². The number of hydrogen-bond donors (Lipinski definition) is 3. The van der Waals surface area contributed by atoms with Crippen molar-refractivity contribution < 1.29 is 20.1 Å². The van der Waals surface area contributed by atoms with Crippen molar-refractivity contribution >= 4 is 5.97 Å². The lowest BCUT2D eigenvalue weighted by Crippen LogP contribution is -2.30. The van der Waals surface area contributed by atoms with Crippen LogP contribution in [0.3, 0.4) is 0 Å². The number of pyridine rings is 1. The number of aliphatic hydroxyl groups excluding tert-OH is 1. The molecule has 7 heteroatoms. The highest BCUT2D eigenvalue weighted by Gasteiger charge is 2.27. The van der Waals surface area contributed by atoms with E-state index in [1.165, 1.54) is 4.57 Å². The van der Waals surface area contributed by atoms with Gasteiger partial charge in [-0.05, 0) is 26.4 Å². The molecular formula is C15H24N2O5. The summed E-state index contributed by atoms with van der Waals surface area (Å²) in [5.74, 6) is -1.44. The molecule has 1 heterocycles. The quantitative estimate of drug-likeness (QED) is 0.687. The molecule has 7 nitrogen and oxygen atoms in total. The Morgan fingerprint density at radius 1 is 1.36 bits per heavy atom. The predicted molar refractivity (Wildman–Crippen MR) is 81.8 cm³/mol. The van der Waals surface area contributed by atoms with Gasteiger partial charge in [-0.3, -0.25) is 4.79 Å². The van der Waals surface area contributed by atoms with Gasteiger partial charge in [-0.1, -0.05) is 13.8 Å². The summed E-state index contributed by atoms with van der Waals surface area (Å²) in [6.45, 7) is 3.50. The Kier molecular flexibility index (Phi) is 6.13. The highest BCUT2D eigenvalue weighted by Crippen LogP contribution is 2.26. The summed E-state index contributed by atoms with van der Waals surface area (Å²) in [5.41, 5.74) is -0.229. The largest absolute Gasteiger partial charge is 0.503 e. The summed E-state index contributed by atoms with van der Waals surface area (Å²) in [4.78, 5) is 25.2. The molecule has 1 aromatic heterocycles. The zero-order valence-electron chi connectivity index (χ0n) is 13.4. The Labute approximate surface area is 129 Å². The third-order valence-corrected chi connectivity index (χ3v) is 3.32. The van der Waals surface area contributed by atoms with Crippen LogP contribution in [0, 0.1) is 5.92 Å². The smallest absolute Gasteiger partial charge is 0.326 e. The van der Waals surface area contributed by atoms with Gasteiger partial charge in [0.2, 0.25) is 5.43 Å². The monoisotopic (exact) mass is 312 g/mol. The topological polar surface area (TPSA) is 103 Å². The second-order valence-electron chi connectivity index (χ2n) is 6.04. The van der Waals surface area contributed by atoms with Crippen molar-refractivity contribution in [1.82, 2.24) is 9.47 Å². The third kappa shape index (κ3) is 4.08. The Hall–Kier alpha value is -1.86. The average molecular weight is 312 g/mol. The van der Waals surface area contributed by atoms with Crippen LogP contribution in [-0.4, -0.2) is 44.9 Å². The van der Waals surface area contributed by atoms with E-state index in [4.69, 9.17) is 0 Å². The number of aromatic nitrogens is 1. The molecule has 0 fully saturated rings. The van der Waals surface area contributed by atoms with Crippen molar-refractivity contribution in [3.05, 3.63) is 27.7 Å². The van der Waals surface area contributed by atoms with Gasteiger partial charge in [0.1, 0.15) is 6.04 Å². The summed E-state index contributed by atoms with van der Waals surface area (Å²) < 4.78 is 1.37. The molecule has 0 saturated carbocycles. The molecule has 124 valence electrons. The number of aliphatic hydroxyl groups is 1. The molecule has 22 heavy (non-hydrogen) atoms. The molecule has 0 radical (unpaired) electrons. The summed E-state index contributed by atoms with van der Waals surface area (Å²) in [6.07, 6.45) is 0.324. The van der Waals surface area contributed by atoms with Gasteiger partial charge in [0.15, 0.2) is 5.75 Å². The predicted octanol–water partition coefficient (Wildman–Crippen LogP) is 0.780. The lowest BCUT2D eigenvalue weighted by molar-refractivity contribution is -0.141. The van der Waals surface area contributed by atoms with Crippen molar-refractivity contribution in [2.75, 3.05) is 14.1 Å². The summed E-state index contributed by atoms with van der Waals surface area (Å²) >= 11 is 0. The van der Waals surface area contributed by atoms with Crippen molar-refractivity contribution in [3.63, 3.8) is 0 Å². The van der Waals surface area contributed by atoms with E-state index in [1.807, 2.05) is 13.8 Å². The molecule has 0 aromatic carbocycles. The second kappa shape index (κ2) is 7.42. The van der Waals surface area contributed by atoms with E-state index in [0.29, 0.717) is 6.42 Å². The fraction of sp³-hybridized carbons (Fsp3) is 0.600. The van der Waals surface area contributed by atoms with E-state index in [0.717, 1.165) is 6.07 Å². The van der Waals surface area contributed by atoms with Crippen LogP contribution in [-0.2, 0) is 17.9 Å². The number of rotatable bonds is 7. The Bertz CT molecular complexity index is 592. The van der Waals surface area contributed by atoms with Crippen LogP contribution in [0.5, 0.6) is 5.75 Å².